The van der Waals surface area contributed by atoms with Crippen molar-refractivity contribution >= 4 is 21.8 Å². The Morgan fingerprint density at radius 1 is 1.43 bits per heavy atom. The highest BCUT2D eigenvalue weighted by Crippen LogP contribution is 2.31. The van der Waals surface area contributed by atoms with E-state index in [9.17, 15) is 8.42 Å². The van der Waals surface area contributed by atoms with Crippen molar-refractivity contribution in [3.8, 4) is 5.75 Å². The van der Waals surface area contributed by atoms with Gasteiger partial charge in [0.2, 0.25) is 10.0 Å². The molecule has 3 N–H and O–H groups in total. The van der Waals surface area contributed by atoms with Gasteiger partial charge in [-0.25, -0.2) is 13.1 Å². The van der Waals surface area contributed by atoms with E-state index in [0.717, 1.165) is 24.8 Å². The molecule has 1 aliphatic rings. The first-order valence-corrected chi connectivity index (χ1v) is 9.71. The van der Waals surface area contributed by atoms with E-state index in [1.54, 1.807) is 30.0 Å². The molecule has 1 saturated carbocycles. The lowest BCUT2D eigenvalue weighted by atomic mass is 10.2. The summed E-state index contributed by atoms with van der Waals surface area (Å²) in [4.78, 5) is 0.166. The topological polar surface area (TPSA) is 81.4 Å². The van der Waals surface area contributed by atoms with Crippen molar-refractivity contribution in [2.24, 2.45) is 5.73 Å². The molecule has 7 heteroatoms. The maximum absolute atomic E-state index is 12.7. The molecule has 2 atom stereocenters. The number of sulfonamides is 1. The summed E-state index contributed by atoms with van der Waals surface area (Å²) in [5, 5.41) is 0.337. The third-order valence-electron chi connectivity index (χ3n) is 3.82. The van der Waals surface area contributed by atoms with Crippen molar-refractivity contribution in [2.75, 3.05) is 13.4 Å². The molecule has 5 nitrogen and oxygen atoms in total. The molecule has 1 fully saturated rings. The van der Waals surface area contributed by atoms with E-state index in [4.69, 9.17) is 10.5 Å². The van der Waals surface area contributed by atoms with E-state index < -0.39 is 10.0 Å². The van der Waals surface area contributed by atoms with Crippen molar-refractivity contribution in [3.05, 3.63) is 23.8 Å². The summed E-state index contributed by atoms with van der Waals surface area (Å²) in [7, 11) is -2.14. The summed E-state index contributed by atoms with van der Waals surface area (Å²) < 4.78 is 33.3. The number of methoxy groups -OCH3 is 1. The Kier molecular flexibility index (Phi) is 5.54. The van der Waals surface area contributed by atoms with Crippen molar-refractivity contribution in [3.63, 3.8) is 0 Å². The normalized spacial score (nSPS) is 22.4. The van der Waals surface area contributed by atoms with Crippen molar-refractivity contribution in [1.82, 2.24) is 4.72 Å². The van der Waals surface area contributed by atoms with Gasteiger partial charge in [0.15, 0.2) is 0 Å². The Morgan fingerprint density at radius 2 is 2.19 bits per heavy atom. The highest BCUT2D eigenvalue weighted by atomic mass is 32.2. The molecule has 0 amide bonds. The number of ether oxygens (including phenoxy) is 1. The predicted octanol–water partition coefficient (Wildman–Crippen LogP) is 1.72. The van der Waals surface area contributed by atoms with Gasteiger partial charge < -0.3 is 10.5 Å². The Morgan fingerprint density at radius 3 is 2.81 bits per heavy atom. The zero-order valence-electron chi connectivity index (χ0n) is 12.3. The summed E-state index contributed by atoms with van der Waals surface area (Å²) in [6.45, 7) is 0.295. The van der Waals surface area contributed by atoms with Crippen molar-refractivity contribution in [1.29, 1.82) is 0 Å². The van der Waals surface area contributed by atoms with E-state index in [1.807, 2.05) is 6.26 Å². The van der Waals surface area contributed by atoms with Gasteiger partial charge in [0.1, 0.15) is 10.6 Å². The molecule has 0 aromatic heterocycles. The van der Waals surface area contributed by atoms with Gasteiger partial charge in [-0.05, 0) is 36.8 Å². The van der Waals surface area contributed by atoms with Crippen LogP contribution in [0, 0.1) is 0 Å². The lowest BCUT2D eigenvalue weighted by molar-refractivity contribution is 0.401. The second kappa shape index (κ2) is 7.00. The fraction of sp³-hybridized carbons (Fsp3) is 0.571. The molecule has 0 bridgehead atoms. The van der Waals surface area contributed by atoms with E-state index >= 15 is 0 Å². The monoisotopic (exact) mass is 330 g/mol. The number of hydrogen-bond donors (Lipinski definition) is 2. The molecule has 2 unspecified atom stereocenters. The average Bonchev–Trinajstić information content (AvgIpc) is 2.92. The van der Waals surface area contributed by atoms with Crippen LogP contribution in [-0.4, -0.2) is 33.1 Å². The summed E-state index contributed by atoms with van der Waals surface area (Å²) in [6, 6.07) is 5.00. The maximum atomic E-state index is 12.7. The van der Waals surface area contributed by atoms with E-state index in [1.165, 1.54) is 7.11 Å². The first-order chi connectivity index (χ1) is 10.0. The molecule has 21 heavy (non-hydrogen) atoms. The molecule has 2 rings (SSSR count). The highest BCUT2D eigenvalue weighted by Gasteiger charge is 2.32. The van der Waals surface area contributed by atoms with Gasteiger partial charge in [-0.2, -0.15) is 11.8 Å². The van der Waals surface area contributed by atoms with Crippen molar-refractivity contribution < 1.29 is 13.2 Å². The van der Waals surface area contributed by atoms with Crippen LogP contribution in [0.5, 0.6) is 5.75 Å². The number of thioether (sulfide) groups is 1. The van der Waals surface area contributed by atoms with Crippen LogP contribution in [0.2, 0.25) is 0 Å². The van der Waals surface area contributed by atoms with Crippen molar-refractivity contribution in [2.45, 2.75) is 42.0 Å². The minimum Gasteiger partial charge on any atom is -0.495 e. The SMILES string of the molecule is COc1ccc(CN)cc1S(=O)(=O)NC1CCCC1SC. The minimum atomic E-state index is -3.61. The largest absolute Gasteiger partial charge is 0.495 e. The van der Waals surface area contributed by atoms with Gasteiger partial charge in [0.05, 0.1) is 7.11 Å². The third kappa shape index (κ3) is 3.71. The standard InChI is InChI=1S/C14H22N2O3S2/c1-19-12-7-6-10(9-15)8-14(12)21(17,18)16-11-4-3-5-13(11)20-2/h6-8,11,13,16H,3-5,9,15H2,1-2H3. The number of benzene rings is 1. The van der Waals surface area contributed by atoms with Gasteiger partial charge in [0.25, 0.3) is 0 Å². The molecule has 0 radical (unpaired) electrons. The van der Waals surface area contributed by atoms with E-state index in [0.29, 0.717) is 17.5 Å². The van der Waals surface area contributed by atoms with Crippen LogP contribution in [-0.2, 0) is 16.6 Å². The molecule has 118 valence electrons. The smallest absolute Gasteiger partial charge is 0.244 e. The first-order valence-electron chi connectivity index (χ1n) is 6.94. The number of hydrogen-bond acceptors (Lipinski definition) is 5. The first kappa shape index (κ1) is 16.6. The van der Waals surface area contributed by atoms with Gasteiger partial charge >= 0.3 is 0 Å². The number of nitrogens with one attached hydrogen (secondary N) is 1. The van der Waals surface area contributed by atoms with E-state index in [2.05, 4.69) is 4.72 Å². The third-order valence-corrected chi connectivity index (χ3v) is 6.50. The van der Waals surface area contributed by atoms with Gasteiger partial charge in [-0.1, -0.05) is 12.5 Å². The van der Waals surface area contributed by atoms with Crippen LogP contribution in [0.15, 0.2) is 23.1 Å². The summed E-state index contributed by atoms with van der Waals surface area (Å²) >= 11 is 1.72. The Bertz CT molecular complexity index is 590. The summed E-state index contributed by atoms with van der Waals surface area (Å²) in [5.41, 5.74) is 6.37. The molecule has 0 spiro atoms. The maximum Gasteiger partial charge on any atom is 0.244 e. The van der Waals surface area contributed by atoms with Gasteiger partial charge in [-0.15, -0.1) is 0 Å². The van der Waals surface area contributed by atoms with Crippen LogP contribution in [0.3, 0.4) is 0 Å². The molecule has 1 aromatic rings. The molecular weight excluding hydrogens is 308 g/mol. The van der Waals surface area contributed by atoms with Crippen LogP contribution in [0.4, 0.5) is 0 Å². The Balaban J connectivity index is 2.30. The van der Waals surface area contributed by atoms with Crippen LogP contribution < -0.4 is 15.2 Å². The Hall–Kier alpha value is -0.760. The quantitative estimate of drug-likeness (QED) is 0.830. The molecular formula is C14H22N2O3S2. The van der Waals surface area contributed by atoms with Crippen LogP contribution in [0.1, 0.15) is 24.8 Å². The fourth-order valence-corrected chi connectivity index (χ4v) is 5.22. The van der Waals surface area contributed by atoms with Crippen LogP contribution >= 0.6 is 11.8 Å². The molecule has 0 aliphatic heterocycles. The summed E-state index contributed by atoms with van der Waals surface area (Å²) in [5.74, 6) is 0.346. The lowest BCUT2D eigenvalue weighted by Gasteiger charge is -2.20. The zero-order valence-corrected chi connectivity index (χ0v) is 14.0. The van der Waals surface area contributed by atoms with Crippen LogP contribution in [0.25, 0.3) is 0 Å². The second-order valence-electron chi connectivity index (χ2n) is 5.12. The van der Waals surface area contributed by atoms with Gasteiger partial charge in [0, 0.05) is 17.8 Å². The lowest BCUT2D eigenvalue weighted by Crippen LogP contribution is -2.38. The second-order valence-corrected chi connectivity index (χ2v) is 7.88. The van der Waals surface area contributed by atoms with Gasteiger partial charge in [-0.3, -0.25) is 0 Å². The zero-order chi connectivity index (χ0) is 15.5. The highest BCUT2D eigenvalue weighted by molar-refractivity contribution is 7.99. The summed E-state index contributed by atoms with van der Waals surface area (Å²) in [6.07, 6.45) is 5.00. The molecule has 0 heterocycles. The average molecular weight is 330 g/mol. The molecule has 1 aromatic carbocycles. The fourth-order valence-electron chi connectivity index (χ4n) is 2.66. The molecule has 0 saturated heterocycles. The van der Waals surface area contributed by atoms with E-state index in [-0.39, 0.29) is 10.9 Å². The minimum absolute atomic E-state index is 0.0174. The number of nitrogens with two attached hydrogens (primary N) is 1. The predicted molar refractivity (Wildman–Crippen MR) is 86.1 cm³/mol. The molecule has 1 aliphatic carbocycles. The Labute approximate surface area is 130 Å². The number of rotatable bonds is 6.